The van der Waals surface area contributed by atoms with Gasteiger partial charge in [0.1, 0.15) is 6.10 Å². The van der Waals surface area contributed by atoms with Crippen molar-refractivity contribution >= 4 is 11.7 Å². The largest absolute Gasteiger partial charge is 0.547 e. The van der Waals surface area contributed by atoms with E-state index in [0.717, 1.165) is 0 Å². The highest BCUT2D eigenvalue weighted by Crippen LogP contribution is 2.15. The number of aliphatic hydroxyl groups is 1. The van der Waals surface area contributed by atoms with Crippen molar-refractivity contribution < 1.29 is 15.0 Å². The van der Waals surface area contributed by atoms with Crippen LogP contribution < -0.4 is 16.6 Å². The Morgan fingerprint density at radius 3 is 2.29 bits per heavy atom. The number of hydrogen-bond donors (Lipinski definition) is 3. The highest BCUT2D eigenvalue weighted by molar-refractivity contribution is 5.71. The van der Waals surface area contributed by atoms with Crippen LogP contribution in [0.3, 0.4) is 0 Å². The Labute approximate surface area is 81.0 Å². The molecule has 0 heterocycles. The molecule has 0 saturated heterocycles. The summed E-state index contributed by atoms with van der Waals surface area (Å²) in [4.78, 5) is 10.3. The molecule has 76 valence electrons. The molecular weight excluding hydrogens is 184 g/mol. The smallest absolute Gasteiger partial charge is 0.112 e. The predicted molar refractivity (Wildman–Crippen MR) is 48.8 cm³/mol. The van der Waals surface area contributed by atoms with E-state index in [1.807, 2.05) is 0 Å². The number of nitrogen functional groups attached to an aromatic ring is 1. The third kappa shape index (κ3) is 2.21. The van der Waals surface area contributed by atoms with Crippen molar-refractivity contribution in [1.29, 1.82) is 0 Å². The zero-order valence-electron chi connectivity index (χ0n) is 7.38. The number of carbonyl (C=O) groups is 1. The fraction of sp³-hybridized carbons (Fsp3) is 0.222. The van der Waals surface area contributed by atoms with Gasteiger partial charge in [-0.3, -0.25) is 0 Å². The van der Waals surface area contributed by atoms with E-state index in [0.29, 0.717) is 11.3 Å². The van der Waals surface area contributed by atoms with Crippen LogP contribution in [0.4, 0.5) is 5.69 Å². The van der Waals surface area contributed by atoms with Crippen LogP contribution in [-0.4, -0.2) is 17.2 Å². The van der Waals surface area contributed by atoms with Crippen LogP contribution in [0, 0.1) is 0 Å². The minimum atomic E-state index is -1.71. The zero-order chi connectivity index (χ0) is 10.7. The molecule has 0 amide bonds. The minimum Gasteiger partial charge on any atom is -0.547 e. The number of benzene rings is 1. The summed E-state index contributed by atoms with van der Waals surface area (Å²) in [5.41, 5.74) is 12.0. The van der Waals surface area contributed by atoms with Crippen molar-refractivity contribution in [2.45, 2.75) is 12.1 Å². The van der Waals surface area contributed by atoms with Crippen molar-refractivity contribution in [2.75, 3.05) is 5.73 Å². The first-order valence-electron chi connectivity index (χ1n) is 4.02. The van der Waals surface area contributed by atoms with Gasteiger partial charge in [-0.15, -0.1) is 0 Å². The molecule has 0 aliphatic carbocycles. The van der Waals surface area contributed by atoms with E-state index < -0.39 is 18.1 Å². The van der Waals surface area contributed by atoms with Crippen LogP contribution >= 0.6 is 0 Å². The van der Waals surface area contributed by atoms with Gasteiger partial charge < -0.3 is 26.5 Å². The number of carbonyl (C=O) groups excluding carboxylic acids is 1. The van der Waals surface area contributed by atoms with Gasteiger partial charge in [-0.2, -0.15) is 0 Å². The van der Waals surface area contributed by atoms with E-state index in [-0.39, 0.29) is 0 Å². The quantitative estimate of drug-likeness (QED) is 0.502. The van der Waals surface area contributed by atoms with Gasteiger partial charge in [-0.05, 0) is 17.7 Å². The summed E-state index contributed by atoms with van der Waals surface area (Å²) in [6, 6.07) is 5.28. The van der Waals surface area contributed by atoms with Crippen LogP contribution in [0.1, 0.15) is 11.6 Å². The number of carboxylic acids is 1. The standard InChI is InChI=1S/C9H12N2O3/c10-6-3-1-5(2-4-6)7(11)8(12)9(13)14/h1-4,7-8,12H,10-11H2,(H,13,14)/p-1. The highest BCUT2D eigenvalue weighted by atomic mass is 16.4. The molecule has 5 heteroatoms. The zero-order valence-corrected chi connectivity index (χ0v) is 7.38. The van der Waals surface area contributed by atoms with Crippen LogP contribution in [0.5, 0.6) is 0 Å². The Kier molecular flexibility index (Phi) is 3.06. The predicted octanol–water partition coefficient (Wildman–Crippen LogP) is -1.62. The van der Waals surface area contributed by atoms with Gasteiger partial charge >= 0.3 is 0 Å². The second kappa shape index (κ2) is 4.08. The summed E-state index contributed by atoms with van der Waals surface area (Å²) in [6.45, 7) is 0. The van der Waals surface area contributed by atoms with Gasteiger partial charge in [0, 0.05) is 5.69 Å². The van der Waals surface area contributed by atoms with Crippen LogP contribution in [0.15, 0.2) is 24.3 Å². The lowest BCUT2D eigenvalue weighted by molar-refractivity contribution is -0.315. The first-order valence-corrected chi connectivity index (χ1v) is 4.02. The molecule has 2 atom stereocenters. The summed E-state index contributed by atoms with van der Waals surface area (Å²) in [5, 5.41) is 19.4. The molecule has 1 aromatic rings. The van der Waals surface area contributed by atoms with Crippen molar-refractivity contribution in [3.63, 3.8) is 0 Å². The molecule has 1 aromatic carbocycles. The molecule has 0 radical (unpaired) electrons. The molecule has 0 aliphatic heterocycles. The van der Waals surface area contributed by atoms with Gasteiger partial charge in [0.15, 0.2) is 0 Å². The van der Waals surface area contributed by atoms with E-state index in [1.165, 1.54) is 0 Å². The number of rotatable bonds is 3. The summed E-state index contributed by atoms with van der Waals surface area (Å²) in [5.74, 6) is -1.59. The Morgan fingerprint density at radius 2 is 1.86 bits per heavy atom. The lowest BCUT2D eigenvalue weighted by Crippen LogP contribution is -2.42. The number of hydrogen-bond acceptors (Lipinski definition) is 5. The molecule has 0 fully saturated rings. The molecule has 14 heavy (non-hydrogen) atoms. The molecule has 1 rings (SSSR count). The fourth-order valence-electron chi connectivity index (χ4n) is 1.05. The minimum absolute atomic E-state index is 0.496. The summed E-state index contributed by atoms with van der Waals surface area (Å²) >= 11 is 0. The Bertz CT molecular complexity index is 323. The molecule has 0 saturated carbocycles. The summed E-state index contributed by atoms with van der Waals surface area (Å²) in [7, 11) is 0. The third-order valence-corrected chi connectivity index (χ3v) is 1.90. The maximum atomic E-state index is 10.3. The highest BCUT2D eigenvalue weighted by Gasteiger charge is 2.17. The Morgan fingerprint density at radius 1 is 1.36 bits per heavy atom. The van der Waals surface area contributed by atoms with Crippen LogP contribution in [0.25, 0.3) is 0 Å². The monoisotopic (exact) mass is 195 g/mol. The molecule has 5 N–H and O–H groups in total. The van der Waals surface area contributed by atoms with Crippen LogP contribution in [-0.2, 0) is 4.79 Å². The van der Waals surface area contributed by atoms with Gasteiger partial charge in [0.05, 0.1) is 12.0 Å². The lowest BCUT2D eigenvalue weighted by Gasteiger charge is -2.19. The maximum Gasteiger partial charge on any atom is 0.112 e. The van der Waals surface area contributed by atoms with Crippen molar-refractivity contribution in [3.05, 3.63) is 29.8 Å². The molecular formula is C9H11N2O3-. The molecule has 0 aromatic heterocycles. The Hall–Kier alpha value is -1.59. The van der Waals surface area contributed by atoms with Gasteiger partial charge in [-0.1, -0.05) is 12.1 Å². The van der Waals surface area contributed by atoms with E-state index >= 15 is 0 Å². The van der Waals surface area contributed by atoms with Crippen molar-refractivity contribution in [2.24, 2.45) is 5.73 Å². The summed E-state index contributed by atoms with van der Waals surface area (Å²) in [6.07, 6.45) is -1.71. The second-order valence-corrected chi connectivity index (χ2v) is 2.96. The Balaban J connectivity index is 2.84. The second-order valence-electron chi connectivity index (χ2n) is 2.96. The van der Waals surface area contributed by atoms with Gasteiger partial charge in [0.25, 0.3) is 0 Å². The number of anilines is 1. The van der Waals surface area contributed by atoms with E-state index in [1.54, 1.807) is 24.3 Å². The van der Waals surface area contributed by atoms with Gasteiger partial charge in [0.2, 0.25) is 0 Å². The van der Waals surface area contributed by atoms with E-state index in [4.69, 9.17) is 16.6 Å². The van der Waals surface area contributed by atoms with E-state index in [9.17, 15) is 9.90 Å². The number of carboxylic acid groups (broad SMARTS) is 1. The molecule has 0 spiro atoms. The SMILES string of the molecule is Nc1ccc(C(N)C(O)C(=O)[O-])cc1. The fourth-order valence-corrected chi connectivity index (χ4v) is 1.05. The first-order chi connectivity index (χ1) is 6.52. The van der Waals surface area contributed by atoms with Gasteiger partial charge in [-0.25, -0.2) is 0 Å². The normalized spacial score (nSPS) is 14.7. The molecule has 5 nitrogen and oxygen atoms in total. The first kappa shape index (κ1) is 10.5. The molecule has 0 aliphatic rings. The number of aliphatic hydroxyl groups excluding tert-OH is 1. The molecule has 2 unspecified atom stereocenters. The maximum absolute atomic E-state index is 10.3. The lowest BCUT2D eigenvalue weighted by atomic mass is 10.0. The van der Waals surface area contributed by atoms with Crippen molar-refractivity contribution in [1.82, 2.24) is 0 Å². The topological polar surface area (TPSA) is 112 Å². The average molecular weight is 195 g/mol. The van der Waals surface area contributed by atoms with Crippen molar-refractivity contribution in [3.8, 4) is 0 Å². The number of nitrogens with two attached hydrogens (primary N) is 2. The summed E-state index contributed by atoms with van der Waals surface area (Å²) < 4.78 is 0. The van der Waals surface area contributed by atoms with Crippen LogP contribution in [0.2, 0.25) is 0 Å². The third-order valence-electron chi connectivity index (χ3n) is 1.90. The molecule has 0 bridgehead atoms. The van der Waals surface area contributed by atoms with E-state index in [2.05, 4.69) is 0 Å². The number of aliphatic carboxylic acids is 1. The average Bonchev–Trinajstić information content (AvgIpc) is 2.16.